The quantitative estimate of drug-likeness (QED) is 0.736. The third-order valence-electron chi connectivity index (χ3n) is 5.17. The Morgan fingerprint density at radius 1 is 1.00 bits per heavy atom. The zero-order chi connectivity index (χ0) is 19.3. The Bertz CT molecular complexity index is 895. The van der Waals surface area contributed by atoms with Crippen molar-refractivity contribution in [2.45, 2.75) is 18.9 Å². The lowest BCUT2D eigenvalue weighted by molar-refractivity contribution is -0.126. The van der Waals surface area contributed by atoms with E-state index in [0.717, 1.165) is 5.56 Å². The molecule has 2 aromatic heterocycles. The van der Waals surface area contributed by atoms with Gasteiger partial charge in [-0.1, -0.05) is 30.3 Å². The van der Waals surface area contributed by atoms with Gasteiger partial charge in [0, 0.05) is 19.0 Å². The third kappa shape index (κ3) is 3.86. The van der Waals surface area contributed by atoms with E-state index in [1.165, 1.54) is 12.5 Å². The fourth-order valence-electron chi connectivity index (χ4n) is 3.59. The van der Waals surface area contributed by atoms with Crippen molar-refractivity contribution in [1.29, 1.82) is 0 Å². The number of piperidine rings is 1. The largest absolute Gasteiger partial charge is 0.472 e. The number of amides is 2. The molecule has 2 amide bonds. The van der Waals surface area contributed by atoms with Crippen molar-refractivity contribution in [3.8, 4) is 0 Å². The van der Waals surface area contributed by atoms with E-state index in [4.69, 9.17) is 8.83 Å². The average molecular weight is 378 g/mol. The van der Waals surface area contributed by atoms with Crippen LogP contribution < -0.4 is 5.32 Å². The molecule has 0 bridgehead atoms. The van der Waals surface area contributed by atoms with Crippen LogP contribution in [0.5, 0.6) is 0 Å². The van der Waals surface area contributed by atoms with Crippen LogP contribution in [-0.4, -0.2) is 29.8 Å². The number of hydrogen-bond acceptors (Lipinski definition) is 4. The summed E-state index contributed by atoms with van der Waals surface area (Å²) in [5.41, 5.74) is 1.52. The highest BCUT2D eigenvalue weighted by molar-refractivity contribution is 5.94. The van der Waals surface area contributed by atoms with Crippen molar-refractivity contribution in [1.82, 2.24) is 10.2 Å². The molecule has 28 heavy (non-hydrogen) atoms. The van der Waals surface area contributed by atoms with Crippen molar-refractivity contribution in [2.75, 3.05) is 13.1 Å². The molecule has 0 saturated carbocycles. The van der Waals surface area contributed by atoms with Gasteiger partial charge in [0.25, 0.3) is 5.91 Å². The van der Waals surface area contributed by atoms with Crippen LogP contribution >= 0.6 is 0 Å². The maximum Gasteiger partial charge on any atom is 0.257 e. The molecule has 4 rings (SSSR count). The summed E-state index contributed by atoms with van der Waals surface area (Å²) in [6.07, 6.45) is 5.82. The van der Waals surface area contributed by atoms with Gasteiger partial charge in [-0.3, -0.25) is 9.59 Å². The van der Waals surface area contributed by atoms with Crippen LogP contribution in [0.3, 0.4) is 0 Å². The molecule has 1 N–H and O–H groups in total. The van der Waals surface area contributed by atoms with E-state index in [2.05, 4.69) is 5.32 Å². The molecular weight excluding hydrogens is 356 g/mol. The van der Waals surface area contributed by atoms with Crippen LogP contribution in [-0.2, 0) is 4.79 Å². The van der Waals surface area contributed by atoms with E-state index in [-0.39, 0.29) is 23.8 Å². The molecule has 1 saturated heterocycles. The third-order valence-corrected chi connectivity index (χ3v) is 5.17. The van der Waals surface area contributed by atoms with Gasteiger partial charge in [0.2, 0.25) is 5.91 Å². The van der Waals surface area contributed by atoms with Gasteiger partial charge >= 0.3 is 0 Å². The molecule has 1 aliphatic rings. The number of benzene rings is 1. The van der Waals surface area contributed by atoms with E-state index in [0.29, 0.717) is 37.3 Å². The number of likely N-dealkylation sites (tertiary alicyclic amines) is 1. The first-order chi connectivity index (χ1) is 13.7. The number of nitrogens with one attached hydrogen (secondary N) is 1. The summed E-state index contributed by atoms with van der Waals surface area (Å²) in [7, 11) is 0. The molecule has 144 valence electrons. The zero-order valence-electron chi connectivity index (χ0n) is 15.4. The summed E-state index contributed by atoms with van der Waals surface area (Å²) in [5, 5.41) is 3.13. The van der Waals surface area contributed by atoms with Gasteiger partial charge in [-0.2, -0.15) is 0 Å². The first-order valence-corrected chi connectivity index (χ1v) is 9.42. The molecule has 3 aromatic rings. The molecule has 1 aliphatic heterocycles. The van der Waals surface area contributed by atoms with Crippen LogP contribution in [0.15, 0.2) is 76.2 Å². The number of rotatable bonds is 5. The van der Waals surface area contributed by atoms with Crippen molar-refractivity contribution < 1.29 is 18.4 Å². The summed E-state index contributed by atoms with van der Waals surface area (Å²) in [4.78, 5) is 27.1. The van der Waals surface area contributed by atoms with Crippen LogP contribution in [0.1, 0.15) is 40.6 Å². The molecule has 1 fully saturated rings. The summed E-state index contributed by atoms with van der Waals surface area (Å²) in [5.74, 6) is 0.507. The second kappa shape index (κ2) is 8.17. The summed E-state index contributed by atoms with van der Waals surface area (Å²) < 4.78 is 10.5. The maximum absolute atomic E-state index is 12.9. The summed E-state index contributed by atoms with van der Waals surface area (Å²) in [6, 6.07) is 14.8. The predicted molar refractivity (Wildman–Crippen MR) is 102 cm³/mol. The van der Waals surface area contributed by atoms with Crippen molar-refractivity contribution in [3.63, 3.8) is 0 Å². The number of furan rings is 2. The van der Waals surface area contributed by atoms with E-state index in [1.807, 2.05) is 42.5 Å². The molecular formula is C22H22N2O4. The SMILES string of the molecule is O=C(NC(c1ccccc1)c1ccco1)C1CCN(C(=O)c2ccoc2)CC1. The minimum absolute atomic E-state index is 0.0133. The van der Waals surface area contributed by atoms with Gasteiger partial charge in [0.05, 0.1) is 18.1 Å². The molecule has 1 unspecified atom stereocenters. The Morgan fingerprint density at radius 2 is 1.79 bits per heavy atom. The summed E-state index contributed by atoms with van der Waals surface area (Å²) >= 11 is 0. The van der Waals surface area contributed by atoms with Crippen LogP contribution in [0.4, 0.5) is 0 Å². The number of hydrogen-bond donors (Lipinski definition) is 1. The molecule has 0 radical (unpaired) electrons. The first-order valence-electron chi connectivity index (χ1n) is 9.42. The van der Waals surface area contributed by atoms with Crippen LogP contribution in [0, 0.1) is 5.92 Å². The minimum atomic E-state index is -0.325. The molecule has 0 spiro atoms. The summed E-state index contributed by atoms with van der Waals surface area (Å²) in [6.45, 7) is 1.11. The topological polar surface area (TPSA) is 75.7 Å². The lowest BCUT2D eigenvalue weighted by Crippen LogP contribution is -2.43. The molecule has 3 heterocycles. The van der Waals surface area contributed by atoms with Gasteiger partial charge < -0.3 is 19.1 Å². The van der Waals surface area contributed by atoms with E-state index in [9.17, 15) is 9.59 Å². The average Bonchev–Trinajstić information content (AvgIpc) is 3.46. The monoisotopic (exact) mass is 378 g/mol. The van der Waals surface area contributed by atoms with Gasteiger partial charge in [0.1, 0.15) is 18.1 Å². The second-order valence-corrected chi connectivity index (χ2v) is 6.95. The van der Waals surface area contributed by atoms with Gasteiger partial charge in [-0.15, -0.1) is 0 Å². The van der Waals surface area contributed by atoms with Gasteiger partial charge in [0.15, 0.2) is 0 Å². The zero-order valence-corrected chi connectivity index (χ0v) is 15.4. The van der Waals surface area contributed by atoms with E-state index >= 15 is 0 Å². The van der Waals surface area contributed by atoms with Crippen molar-refractivity contribution in [2.24, 2.45) is 5.92 Å². The second-order valence-electron chi connectivity index (χ2n) is 6.95. The maximum atomic E-state index is 12.9. The fraction of sp³-hybridized carbons (Fsp3) is 0.273. The van der Waals surface area contributed by atoms with E-state index in [1.54, 1.807) is 17.2 Å². The normalized spacial score (nSPS) is 15.9. The van der Waals surface area contributed by atoms with E-state index < -0.39 is 0 Å². The highest BCUT2D eigenvalue weighted by Gasteiger charge is 2.30. The number of carbonyl (C=O) groups is 2. The van der Waals surface area contributed by atoms with Crippen LogP contribution in [0.25, 0.3) is 0 Å². The Labute approximate surface area is 163 Å². The van der Waals surface area contributed by atoms with Crippen molar-refractivity contribution >= 4 is 11.8 Å². The first kappa shape index (κ1) is 18.1. The Hall–Kier alpha value is -3.28. The number of nitrogens with zero attached hydrogens (tertiary/aromatic N) is 1. The predicted octanol–water partition coefficient (Wildman–Crippen LogP) is 3.63. The van der Waals surface area contributed by atoms with Crippen molar-refractivity contribution in [3.05, 3.63) is 84.2 Å². The smallest absolute Gasteiger partial charge is 0.257 e. The van der Waals surface area contributed by atoms with Gasteiger partial charge in [-0.25, -0.2) is 0 Å². The molecule has 0 aliphatic carbocycles. The van der Waals surface area contributed by atoms with Gasteiger partial charge in [-0.05, 0) is 36.6 Å². The highest BCUT2D eigenvalue weighted by atomic mass is 16.3. The molecule has 1 atom stereocenters. The highest BCUT2D eigenvalue weighted by Crippen LogP contribution is 2.25. The Morgan fingerprint density at radius 3 is 2.43 bits per heavy atom. The molecule has 1 aromatic carbocycles. The molecule has 6 nitrogen and oxygen atoms in total. The minimum Gasteiger partial charge on any atom is -0.472 e. The fourth-order valence-corrected chi connectivity index (χ4v) is 3.59. The Kier molecular flexibility index (Phi) is 5.28. The molecule has 6 heteroatoms. The Balaban J connectivity index is 1.40. The lowest BCUT2D eigenvalue weighted by atomic mass is 9.94. The number of carbonyl (C=O) groups excluding carboxylic acids is 2. The lowest BCUT2D eigenvalue weighted by Gasteiger charge is -2.32. The standard InChI is InChI=1S/C22H22N2O4/c25-21(17-8-11-24(12-9-17)22(26)18-10-14-27-15-18)23-20(19-7-4-13-28-19)16-5-2-1-3-6-16/h1-7,10,13-15,17,20H,8-9,11-12H2,(H,23,25). The van der Waals surface area contributed by atoms with Crippen LogP contribution in [0.2, 0.25) is 0 Å².